The van der Waals surface area contributed by atoms with Crippen molar-refractivity contribution >= 4 is 0 Å². The molecule has 3 nitrogen and oxygen atoms in total. The molecule has 0 amide bonds. The average molecular weight is 265 g/mol. The summed E-state index contributed by atoms with van der Waals surface area (Å²) in [6, 6.07) is 9.94. The van der Waals surface area contributed by atoms with Gasteiger partial charge in [0.05, 0.1) is 25.9 Å². The number of rotatable bonds is 7. The predicted octanol–water partition coefficient (Wildman–Crippen LogP) is 2.83. The fourth-order valence-corrected chi connectivity index (χ4v) is 1.45. The topological polar surface area (TPSA) is 38.7 Å². The van der Waals surface area contributed by atoms with E-state index in [1.54, 1.807) is 0 Å². The SMILES string of the molecule is [CH2]C(OC(CO)COCc1ccccc1)C(C)(C)C. The van der Waals surface area contributed by atoms with Gasteiger partial charge in [0.1, 0.15) is 6.10 Å². The first-order valence-electron chi connectivity index (χ1n) is 6.64. The minimum absolute atomic E-state index is 0.0488. The van der Waals surface area contributed by atoms with Gasteiger partial charge in [-0.25, -0.2) is 0 Å². The summed E-state index contributed by atoms with van der Waals surface area (Å²) in [5.41, 5.74) is 1.06. The molecule has 1 N–H and O–H groups in total. The molecule has 0 aliphatic carbocycles. The summed E-state index contributed by atoms with van der Waals surface area (Å²) < 4.78 is 11.3. The van der Waals surface area contributed by atoms with E-state index in [0.717, 1.165) is 5.56 Å². The second-order valence-electron chi connectivity index (χ2n) is 5.80. The second-order valence-corrected chi connectivity index (χ2v) is 5.80. The normalized spacial score (nSPS) is 15.2. The molecule has 0 aliphatic heterocycles. The van der Waals surface area contributed by atoms with Gasteiger partial charge >= 0.3 is 0 Å². The van der Waals surface area contributed by atoms with E-state index in [0.29, 0.717) is 13.2 Å². The van der Waals surface area contributed by atoms with Crippen LogP contribution in [0.5, 0.6) is 0 Å². The molecule has 2 atom stereocenters. The quantitative estimate of drug-likeness (QED) is 0.824. The molecule has 0 aliphatic rings. The number of aliphatic hydroxyl groups excluding tert-OH is 1. The first kappa shape index (κ1) is 16.2. The van der Waals surface area contributed by atoms with Crippen LogP contribution in [-0.4, -0.2) is 30.5 Å². The van der Waals surface area contributed by atoms with Gasteiger partial charge in [-0.15, -0.1) is 0 Å². The lowest BCUT2D eigenvalue weighted by atomic mass is 9.90. The van der Waals surface area contributed by atoms with Gasteiger partial charge in [0.15, 0.2) is 0 Å². The maximum Gasteiger partial charge on any atom is 0.104 e. The van der Waals surface area contributed by atoms with Crippen molar-refractivity contribution < 1.29 is 14.6 Å². The summed E-state index contributed by atoms with van der Waals surface area (Å²) in [6.45, 7) is 11.0. The molecule has 0 bridgehead atoms. The van der Waals surface area contributed by atoms with Crippen LogP contribution in [0.25, 0.3) is 0 Å². The molecule has 0 spiro atoms. The Kier molecular flexibility index (Phi) is 6.49. The van der Waals surface area contributed by atoms with E-state index in [1.165, 1.54) is 0 Å². The molecule has 107 valence electrons. The first-order chi connectivity index (χ1) is 8.93. The Hall–Kier alpha value is -0.900. The standard InChI is InChI=1S/C16H25O3/c1-13(16(2,3)4)19-15(10-17)12-18-11-14-8-6-5-7-9-14/h5-9,13,15,17H,1,10-12H2,2-4H3. The predicted molar refractivity (Wildman–Crippen MR) is 76.7 cm³/mol. The Bertz CT molecular complexity index is 343. The Morgan fingerprint density at radius 1 is 1.21 bits per heavy atom. The molecular weight excluding hydrogens is 240 g/mol. The van der Waals surface area contributed by atoms with Crippen molar-refractivity contribution in [1.29, 1.82) is 0 Å². The summed E-state index contributed by atoms with van der Waals surface area (Å²) in [4.78, 5) is 0. The minimum atomic E-state index is -0.328. The lowest BCUT2D eigenvalue weighted by molar-refractivity contribution is -0.0960. The Labute approximate surface area is 116 Å². The van der Waals surface area contributed by atoms with Crippen LogP contribution in [-0.2, 0) is 16.1 Å². The molecule has 1 aromatic carbocycles. The zero-order valence-corrected chi connectivity index (χ0v) is 12.1. The van der Waals surface area contributed by atoms with Gasteiger partial charge < -0.3 is 14.6 Å². The largest absolute Gasteiger partial charge is 0.394 e. The van der Waals surface area contributed by atoms with Crippen LogP contribution in [0.15, 0.2) is 30.3 Å². The van der Waals surface area contributed by atoms with Crippen molar-refractivity contribution in [1.82, 2.24) is 0 Å². The molecule has 0 saturated heterocycles. The highest BCUT2D eigenvalue weighted by atomic mass is 16.5. The van der Waals surface area contributed by atoms with Gasteiger partial charge in [-0.05, 0) is 17.9 Å². The number of ether oxygens (including phenoxy) is 2. The smallest absolute Gasteiger partial charge is 0.104 e. The molecule has 0 fully saturated rings. The third-order valence-corrected chi connectivity index (χ3v) is 2.94. The molecule has 1 aromatic rings. The Balaban J connectivity index is 2.33. The van der Waals surface area contributed by atoms with Crippen LogP contribution in [0.1, 0.15) is 26.3 Å². The molecule has 0 heterocycles. The van der Waals surface area contributed by atoms with Crippen molar-refractivity contribution in [3.63, 3.8) is 0 Å². The lowest BCUT2D eigenvalue weighted by Gasteiger charge is -2.30. The number of hydrogen-bond acceptors (Lipinski definition) is 3. The van der Waals surface area contributed by atoms with E-state index in [1.807, 2.05) is 30.3 Å². The Morgan fingerprint density at radius 2 is 1.84 bits per heavy atom. The minimum Gasteiger partial charge on any atom is -0.394 e. The number of hydrogen-bond donors (Lipinski definition) is 1. The van der Waals surface area contributed by atoms with E-state index < -0.39 is 0 Å². The van der Waals surface area contributed by atoms with Crippen LogP contribution in [0.2, 0.25) is 0 Å². The van der Waals surface area contributed by atoms with Crippen molar-refractivity contribution in [2.45, 2.75) is 39.6 Å². The highest BCUT2D eigenvalue weighted by Gasteiger charge is 2.24. The third kappa shape index (κ3) is 6.19. The van der Waals surface area contributed by atoms with Gasteiger partial charge in [-0.2, -0.15) is 0 Å². The monoisotopic (exact) mass is 265 g/mol. The van der Waals surface area contributed by atoms with Crippen molar-refractivity contribution in [3.05, 3.63) is 42.8 Å². The van der Waals surface area contributed by atoms with Gasteiger partial charge in [-0.3, -0.25) is 0 Å². The van der Waals surface area contributed by atoms with E-state index >= 15 is 0 Å². The molecule has 1 rings (SSSR count). The van der Waals surface area contributed by atoms with E-state index in [9.17, 15) is 5.11 Å². The van der Waals surface area contributed by atoms with Gasteiger partial charge in [0, 0.05) is 0 Å². The van der Waals surface area contributed by atoms with Crippen LogP contribution in [0.3, 0.4) is 0 Å². The van der Waals surface area contributed by atoms with E-state index in [4.69, 9.17) is 9.47 Å². The molecule has 2 unspecified atom stereocenters. The van der Waals surface area contributed by atoms with Crippen LogP contribution in [0.4, 0.5) is 0 Å². The van der Waals surface area contributed by atoms with E-state index in [-0.39, 0.29) is 24.2 Å². The highest BCUT2D eigenvalue weighted by molar-refractivity contribution is 5.13. The van der Waals surface area contributed by atoms with Gasteiger partial charge in [-0.1, -0.05) is 51.1 Å². The fraction of sp³-hybridized carbons (Fsp3) is 0.562. The molecule has 19 heavy (non-hydrogen) atoms. The second kappa shape index (κ2) is 7.63. The fourth-order valence-electron chi connectivity index (χ4n) is 1.45. The van der Waals surface area contributed by atoms with Gasteiger partial charge in [0.25, 0.3) is 0 Å². The molecular formula is C16H25O3. The van der Waals surface area contributed by atoms with Crippen molar-refractivity contribution in [2.24, 2.45) is 5.41 Å². The first-order valence-corrected chi connectivity index (χ1v) is 6.64. The highest BCUT2D eigenvalue weighted by Crippen LogP contribution is 2.22. The average Bonchev–Trinajstić information content (AvgIpc) is 2.37. The Morgan fingerprint density at radius 3 is 2.37 bits per heavy atom. The van der Waals surface area contributed by atoms with Crippen molar-refractivity contribution in [2.75, 3.05) is 13.2 Å². The van der Waals surface area contributed by atoms with Crippen LogP contribution < -0.4 is 0 Å². The zero-order chi connectivity index (χ0) is 14.3. The third-order valence-electron chi connectivity index (χ3n) is 2.94. The maximum absolute atomic E-state index is 9.31. The number of aliphatic hydroxyl groups is 1. The summed E-state index contributed by atoms with van der Waals surface area (Å²) in [6.07, 6.45) is -0.504. The van der Waals surface area contributed by atoms with Crippen LogP contribution >= 0.6 is 0 Å². The van der Waals surface area contributed by atoms with Crippen LogP contribution in [0, 0.1) is 12.3 Å². The summed E-state index contributed by atoms with van der Waals surface area (Å²) in [5.74, 6) is 0. The summed E-state index contributed by atoms with van der Waals surface area (Å²) in [5, 5.41) is 9.31. The zero-order valence-electron chi connectivity index (χ0n) is 12.1. The molecule has 0 aromatic heterocycles. The lowest BCUT2D eigenvalue weighted by Crippen LogP contribution is -2.35. The summed E-state index contributed by atoms with van der Waals surface area (Å²) in [7, 11) is 0. The van der Waals surface area contributed by atoms with Crippen molar-refractivity contribution in [3.8, 4) is 0 Å². The molecule has 3 heteroatoms. The molecule has 0 saturated carbocycles. The molecule has 1 radical (unpaired) electrons. The maximum atomic E-state index is 9.31. The number of benzene rings is 1. The summed E-state index contributed by atoms with van der Waals surface area (Å²) >= 11 is 0. The van der Waals surface area contributed by atoms with E-state index in [2.05, 4.69) is 27.7 Å². The van der Waals surface area contributed by atoms with Gasteiger partial charge in [0.2, 0.25) is 0 Å².